The Kier molecular flexibility index (Phi) is 11.1. The third-order valence-electron chi connectivity index (χ3n) is 4.05. The van der Waals surface area contributed by atoms with Crippen LogP contribution in [0.1, 0.15) is 31.2 Å². The lowest BCUT2D eigenvalue weighted by Gasteiger charge is -2.26. The molecule has 1 aromatic rings. The standard InChI is InChI=1S/C17H28N2O.C2H2O4/c1-16-6-8-17(9-7-16)20-15-5-3-2-4-12-19-13-10-18-11-14-19;3-1(4)2(5)6/h6-9,18H,2-5,10-15H2,1H3;(H,3,4)(H,5,6). The summed E-state index contributed by atoms with van der Waals surface area (Å²) in [5.41, 5.74) is 1.28. The molecule has 3 N–H and O–H groups in total. The molecular weight excluding hydrogens is 336 g/mol. The third kappa shape index (κ3) is 10.7. The summed E-state index contributed by atoms with van der Waals surface area (Å²) in [4.78, 5) is 20.8. The number of carbonyl (C=O) groups is 2. The number of hydrogen-bond donors (Lipinski definition) is 3. The number of aryl methyl sites for hydroxylation is 1. The molecule has 1 aromatic carbocycles. The van der Waals surface area contributed by atoms with Crippen LogP contribution in [0.4, 0.5) is 0 Å². The number of carboxylic acid groups (broad SMARTS) is 2. The second-order valence-electron chi connectivity index (χ2n) is 6.28. The van der Waals surface area contributed by atoms with E-state index in [1.807, 2.05) is 0 Å². The fraction of sp³-hybridized carbons (Fsp3) is 0.579. The molecule has 0 bridgehead atoms. The molecule has 0 aromatic heterocycles. The Morgan fingerprint density at radius 2 is 1.58 bits per heavy atom. The molecule has 1 fully saturated rings. The van der Waals surface area contributed by atoms with Gasteiger partial charge in [-0.15, -0.1) is 0 Å². The molecular formula is C19H30N2O5. The minimum absolute atomic E-state index is 0.844. The Hall–Kier alpha value is -2.12. The average Bonchev–Trinajstić information content (AvgIpc) is 2.64. The van der Waals surface area contributed by atoms with Gasteiger partial charge in [0.15, 0.2) is 0 Å². The normalized spacial score (nSPS) is 14.2. The van der Waals surface area contributed by atoms with Crippen LogP contribution in [-0.2, 0) is 9.59 Å². The zero-order chi connectivity index (χ0) is 19.2. The molecule has 146 valence electrons. The van der Waals surface area contributed by atoms with Crippen LogP contribution in [0.3, 0.4) is 0 Å². The Morgan fingerprint density at radius 1 is 1.00 bits per heavy atom. The first-order chi connectivity index (χ1) is 12.5. The van der Waals surface area contributed by atoms with Crippen molar-refractivity contribution in [3.8, 4) is 5.75 Å². The number of carboxylic acids is 2. The van der Waals surface area contributed by atoms with Gasteiger partial charge in [-0.05, 0) is 38.4 Å². The Labute approximate surface area is 155 Å². The molecule has 2 rings (SSSR count). The van der Waals surface area contributed by atoms with E-state index in [9.17, 15) is 0 Å². The lowest BCUT2D eigenvalue weighted by Crippen LogP contribution is -2.43. The predicted octanol–water partition coefficient (Wildman–Crippen LogP) is 2.00. The van der Waals surface area contributed by atoms with E-state index in [4.69, 9.17) is 24.5 Å². The highest BCUT2D eigenvalue weighted by molar-refractivity contribution is 6.27. The quantitative estimate of drug-likeness (QED) is 0.478. The summed E-state index contributed by atoms with van der Waals surface area (Å²) in [6.07, 6.45) is 5.08. The average molecular weight is 366 g/mol. The van der Waals surface area contributed by atoms with E-state index >= 15 is 0 Å². The minimum Gasteiger partial charge on any atom is -0.494 e. The maximum absolute atomic E-state index is 9.10. The molecule has 7 heteroatoms. The number of rotatable bonds is 8. The molecule has 1 aliphatic heterocycles. The molecule has 0 radical (unpaired) electrons. The third-order valence-corrected chi connectivity index (χ3v) is 4.05. The fourth-order valence-electron chi connectivity index (χ4n) is 2.55. The lowest BCUT2D eigenvalue weighted by atomic mass is 10.2. The van der Waals surface area contributed by atoms with Crippen LogP contribution >= 0.6 is 0 Å². The first-order valence-corrected chi connectivity index (χ1v) is 9.08. The van der Waals surface area contributed by atoms with Gasteiger partial charge in [0.05, 0.1) is 6.61 Å². The lowest BCUT2D eigenvalue weighted by molar-refractivity contribution is -0.159. The molecule has 0 saturated carbocycles. The van der Waals surface area contributed by atoms with E-state index in [1.54, 1.807) is 0 Å². The van der Waals surface area contributed by atoms with Gasteiger partial charge in [-0.2, -0.15) is 0 Å². The van der Waals surface area contributed by atoms with E-state index in [0.29, 0.717) is 0 Å². The number of nitrogens with zero attached hydrogens (tertiary/aromatic N) is 1. The van der Waals surface area contributed by atoms with Crippen LogP contribution in [-0.4, -0.2) is 66.4 Å². The first kappa shape index (κ1) is 21.9. The van der Waals surface area contributed by atoms with E-state index in [1.165, 1.54) is 44.5 Å². The van der Waals surface area contributed by atoms with Crippen LogP contribution in [0.25, 0.3) is 0 Å². The summed E-state index contributed by atoms with van der Waals surface area (Å²) in [5, 5.41) is 18.2. The molecule has 0 atom stereocenters. The smallest absolute Gasteiger partial charge is 0.414 e. The van der Waals surface area contributed by atoms with Crippen molar-refractivity contribution in [2.24, 2.45) is 0 Å². The van der Waals surface area contributed by atoms with E-state index in [2.05, 4.69) is 41.4 Å². The van der Waals surface area contributed by atoms with Crippen molar-refractivity contribution in [2.75, 3.05) is 39.3 Å². The monoisotopic (exact) mass is 366 g/mol. The van der Waals surface area contributed by atoms with Gasteiger partial charge >= 0.3 is 11.9 Å². The topological polar surface area (TPSA) is 99.1 Å². The Morgan fingerprint density at radius 3 is 2.15 bits per heavy atom. The summed E-state index contributed by atoms with van der Waals surface area (Å²) in [6, 6.07) is 8.31. The number of nitrogens with one attached hydrogen (secondary N) is 1. The predicted molar refractivity (Wildman–Crippen MR) is 99.7 cm³/mol. The molecule has 0 amide bonds. The van der Waals surface area contributed by atoms with Crippen molar-refractivity contribution < 1.29 is 24.5 Å². The number of unbranched alkanes of at least 4 members (excludes halogenated alkanes) is 3. The van der Waals surface area contributed by atoms with E-state index < -0.39 is 11.9 Å². The molecule has 1 saturated heterocycles. The molecule has 0 unspecified atom stereocenters. The van der Waals surface area contributed by atoms with Crippen molar-refractivity contribution in [3.05, 3.63) is 29.8 Å². The number of benzene rings is 1. The molecule has 1 heterocycles. The van der Waals surface area contributed by atoms with Crippen molar-refractivity contribution >= 4 is 11.9 Å². The number of ether oxygens (including phenoxy) is 1. The SMILES string of the molecule is Cc1ccc(OCCCCCCN2CCNCC2)cc1.O=C(O)C(=O)O. The summed E-state index contributed by atoms with van der Waals surface area (Å²) in [7, 11) is 0. The zero-order valence-electron chi connectivity index (χ0n) is 15.4. The maximum atomic E-state index is 9.10. The number of aliphatic carboxylic acids is 2. The van der Waals surface area contributed by atoms with Gasteiger partial charge in [0, 0.05) is 26.2 Å². The summed E-state index contributed by atoms with van der Waals surface area (Å²) in [5.74, 6) is -2.65. The van der Waals surface area contributed by atoms with Crippen LogP contribution in [0.15, 0.2) is 24.3 Å². The number of hydrogen-bond acceptors (Lipinski definition) is 5. The summed E-state index contributed by atoms with van der Waals surface area (Å²) >= 11 is 0. The highest BCUT2D eigenvalue weighted by atomic mass is 16.5. The van der Waals surface area contributed by atoms with Gasteiger partial charge in [0.1, 0.15) is 5.75 Å². The second-order valence-corrected chi connectivity index (χ2v) is 6.28. The fourth-order valence-corrected chi connectivity index (χ4v) is 2.55. The van der Waals surface area contributed by atoms with Crippen LogP contribution < -0.4 is 10.1 Å². The molecule has 0 aliphatic carbocycles. The van der Waals surface area contributed by atoms with Crippen molar-refractivity contribution in [1.29, 1.82) is 0 Å². The van der Waals surface area contributed by atoms with Gasteiger partial charge in [0.2, 0.25) is 0 Å². The minimum atomic E-state index is -1.82. The van der Waals surface area contributed by atoms with E-state index in [-0.39, 0.29) is 0 Å². The first-order valence-electron chi connectivity index (χ1n) is 9.08. The number of piperazine rings is 1. The summed E-state index contributed by atoms with van der Waals surface area (Å²) < 4.78 is 5.74. The van der Waals surface area contributed by atoms with Crippen molar-refractivity contribution in [1.82, 2.24) is 10.2 Å². The van der Waals surface area contributed by atoms with Gasteiger partial charge in [-0.1, -0.05) is 30.5 Å². The highest BCUT2D eigenvalue weighted by Crippen LogP contribution is 2.12. The van der Waals surface area contributed by atoms with Crippen LogP contribution in [0.5, 0.6) is 5.75 Å². The van der Waals surface area contributed by atoms with Gasteiger partial charge in [0.25, 0.3) is 0 Å². The Bertz CT molecular complexity index is 515. The van der Waals surface area contributed by atoms with Gasteiger partial charge in [-0.3, -0.25) is 0 Å². The zero-order valence-corrected chi connectivity index (χ0v) is 15.4. The van der Waals surface area contributed by atoms with Crippen molar-refractivity contribution in [2.45, 2.75) is 32.6 Å². The van der Waals surface area contributed by atoms with Gasteiger partial charge in [-0.25, -0.2) is 9.59 Å². The largest absolute Gasteiger partial charge is 0.494 e. The van der Waals surface area contributed by atoms with E-state index in [0.717, 1.165) is 31.9 Å². The Balaban J connectivity index is 0.000000487. The van der Waals surface area contributed by atoms with Gasteiger partial charge < -0.3 is 25.2 Å². The molecule has 7 nitrogen and oxygen atoms in total. The molecule has 26 heavy (non-hydrogen) atoms. The van der Waals surface area contributed by atoms with Crippen LogP contribution in [0.2, 0.25) is 0 Å². The molecule has 0 spiro atoms. The maximum Gasteiger partial charge on any atom is 0.414 e. The van der Waals surface area contributed by atoms with Crippen molar-refractivity contribution in [3.63, 3.8) is 0 Å². The highest BCUT2D eigenvalue weighted by Gasteiger charge is 2.07. The second kappa shape index (κ2) is 13.1. The molecule has 1 aliphatic rings. The van der Waals surface area contributed by atoms with Crippen LogP contribution in [0, 0.1) is 6.92 Å². The summed E-state index contributed by atoms with van der Waals surface area (Å²) in [6.45, 7) is 8.96.